The van der Waals surface area contributed by atoms with Crippen molar-refractivity contribution in [2.24, 2.45) is 5.92 Å². The summed E-state index contributed by atoms with van der Waals surface area (Å²) in [6.07, 6.45) is -0.409. The Balaban J connectivity index is 2.46. The van der Waals surface area contributed by atoms with Crippen LogP contribution in [0.1, 0.15) is 27.2 Å². The van der Waals surface area contributed by atoms with Gasteiger partial charge in [-0.2, -0.15) is 0 Å². The molecule has 0 aromatic heterocycles. The number of ether oxygens (including phenoxy) is 2. The molecular weight excluding hydrogens is 280 g/mol. The first-order valence-electron chi connectivity index (χ1n) is 6.62. The van der Waals surface area contributed by atoms with Crippen molar-refractivity contribution < 1.29 is 29.0 Å². The summed E-state index contributed by atoms with van der Waals surface area (Å²) in [6.45, 7) is 4.56. The summed E-state index contributed by atoms with van der Waals surface area (Å²) in [5.74, 6) is -1.52. The molecule has 2 amide bonds. The van der Waals surface area contributed by atoms with E-state index in [0.717, 1.165) is 0 Å². The smallest absolute Gasteiger partial charge is 0.408 e. The molecule has 1 aliphatic carbocycles. The van der Waals surface area contributed by atoms with E-state index in [1.807, 2.05) is 0 Å². The number of aliphatic hydroxyl groups is 1. The Bertz CT molecular complexity index is 431. The van der Waals surface area contributed by atoms with E-state index in [-0.39, 0.29) is 19.1 Å². The number of carbonyl (C=O) groups excluding carboxylic acids is 3. The van der Waals surface area contributed by atoms with Crippen molar-refractivity contribution in [1.82, 2.24) is 10.6 Å². The number of carbonyl (C=O) groups is 3. The van der Waals surface area contributed by atoms with E-state index in [4.69, 9.17) is 9.84 Å². The molecule has 0 saturated heterocycles. The third kappa shape index (κ3) is 4.59. The number of rotatable bonds is 5. The molecule has 1 fully saturated rings. The van der Waals surface area contributed by atoms with Crippen LogP contribution >= 0.6 is 0 Å². The number of esters is 1. The molecule has 8 nitrogen and oxygen atoms in total. The van der Waals surface area contributed by atoms with Crippen LogP contribution in [0.25, 0.3) is 0 Å². The van der Waals surface area contributed by atoms with Gasteiger partial charge < -0.3 is 25.2 Å². The molecule has 3 N–H and O–H groups in total. The Kier molecular flexibility index (Phi) is 5.16. The van der Waals surface area contributed by atoms with Crippen molar-refractivity contribution >= 4 is 18.0 Å². The Morgan fingerprint density at radius 3 is 2.38 bits per heavy atom. The van der Waals surface area contributed by atoms with Crippen LogP contribution in [-0.4, -0.2) is 54.5 Å². The van der Waals surface area contributed by atoms with Gasteiger partial charge in [-0.1, -0.05) is 0 Å². The fourth-order valence-corrected chi connectivity index (χ4v) is 1.95. The first-order valence-corrected chi connectivity index (χ1v) is 6.62. The van der Waals surface area contributed by atoms with E-state index < -0.39 is 29.1 Å². The SMILES string of the molecule is COC(=O)[C@]1(NC(=O)CNC(=O)OC(C)(C)C)C[C@H]1CO. The first kappa shape index (κ1) is 17.2. The van der Waals surface area contributed by atoms with Crippen LogP contribution in [-0.2, 0) is 19.1 Å². The third-order valence-electron chi connectivity index (χ3n) is 3.03. The van der Waals surface area contributed by atoms with Crippen molar-refractivity contribution in [1.29, 1.82) is 0 Å². The molecule has 8 heteroatoms. The van der Waals surface area contributed by atoms with Crippen LogP contribution in [0.5, 0.6) is 0 Å². The van der Waals surface area contributed by atoms with Crippen molar-refractivity contribution in [2.75, 3.05) is 20.3 Å². The van der Waals surface area contributed by atoms with Gasteiger partial charge in [-0.05, 0) is 27.2 Å². The number of amides is 2. The van der Waals surface area contributed by atoms with E-state index in [1.165, 1.54) is 7.11 Å². The highest BCUT2D eigenvalue weighted by atomic mass is 16.6. The van der Waals surface area contributed by atoms with Crippen LogP contribution in [0.15, 0.2) is 0 Å². The monoisotopic (exact) mass is 302 g/mol. The molecule has 120 valence electrons. The van der Waals surface area contributed by atoms with Gasteiger partial charge in [0.1, 0.15) is 17.7 Å². The Labute approximate surface area is 123 Å². The molecule has 1 aliphatic rings. The van der Waals surface area contributed by atoms with Crippen LogP contribution in [0, 0.1) is 5.92 Å². The normalized spacial score (nSPS) is 24.0. The molecule has 1 rings (SSSR count). The summed E-state index contributed by atoms with van der Waals surface area (Å²) >= 11 is 0. The Morgan fingerprint density at radius 1 is 1.33 bits per heavy atom. The molecule has 1 saturated carbocycles. The van der Waals surface area contributed by atoms with E-state index in [9.17, 15) is 14.4 Å². The van der Waals surface area contributed by atoms with E-state index in [0.29, 0.717) is 6.42 Å². The maximum absolute atomic E-state index is 11.8. The highest BCUT2D eigenvalue weighted by Gasteiger charge is 2.61. The second kappa shape index (κ2) is 6.30. The molecule has 21 heavy (non-hydrogen) atoms. The maximum atomic E-state index is 11.8. The topological polar surface area (TPSA) is 114 Å². The molecule has 2 atom stereocenters. The Morgan fingerprint density at radius 2 is 1.95 bits per heavy atom. The molecule has 0 heterocycles. The number of alkyl carbamates (subject to hydrolysis) is 1. The maximum Gasteiger partial charge on any atom is 0.408 e. The molecule has 0 bridgehead atoms. The van der Waals surface area contributed by atoms with Crippen molar-refractivity contribution in [3.05, 3.63) is 0 Å². The predicted octanol–water partition coefficient (Wildman–Crippen LogP) is -0.449. The van der Waals surface area contributed by atoms with Crippen LogP contribution in [0.3, 0.4) is 0 Å². The fourth-order valence-electron chi connectivity index (χ4n) is 1.95. The molecule has 0 aromatic rings. The lowest BCUT2D eigenvalue weighted by molar-refractivity contribution is -0.147. The molecule has 0 aliphatic heterocycles. The quantitative estimate of drug-likeness (QED) is 0.593. The zero-order valence-electron chi connectivity index (χ0n) is 12.7. The second-order valence-electron chi connectivity index (χ2n) is 5.95. The van der Waals surface area contributed by atoms with Crippen LogP contribution < -0.4 is 10.6 Å². The largest absolute Gasteiger partial charge is 0.467 e. The number of hydrogen-bond donors (Lipinski definition) is 3. The van der Waals surface area contributed by atoms with Gasteiger partial charge in [-0.15, -0.1) is 0 Å². The lowest BCUT2D eigenvalue weighted by Gasteiger charge is -2.20. The predicted molar refractivity (Wildman–Crippen MR) is 72.3 cm³/mol. The highest BCUT2D eigenvalue weighted by Crippen LogP contribution is 2.43. The standard InChI is InChI=1S/C13H22N2O6/c1-12(2,3)21-11(19)14-6-9(17)15-13(10(18)20-4)5-8(13)7-16/h8,16H,5-7H2,1-4H3,(H,14,19)(H,15,17)/t8-,13-/m0/s1. The van der Waals surface area contributed by atoms with E-state index in [1.54, 1.807) is 20.8 Å². The zero-order chi connectivity index (χ0) is 16.3. The van der Waals surface area contributed by atoms with Gasteiger partial charge in [0, 0.05) is 12.5 Å². The summed E-state index contributed by atoms with van der Waals surface area (Å²) in [6, 6.07) is 0. The minimum absolute atomic E-state index is 0.227. The van der Waals surface area contributed by atoms with E-state index in [2.05, 4.69) is 15.4 Å². The van der Waals surface area contributed by atoms with Gasteiger partial charge in [0.2, 0.25) is 5.91 Å². The highest BCUT2D eigenvalue weighted by molar-refractivity contribution is 5.92. The number of nitrogens with one attached hydrogen (secondary N) is 2. The number of aliphatic hydroxyl groups excluding tert-OH is 1. The molecular formula is C13H22N2O6. The lowest BCUT2D eigenvalue weighted by Crippen LogP contribution is -2.49. The average Bonchev–Trinajstić information content (AvgIpc) is 3.08. The third-order valence-corrected chi connectivity index (χ3v) is 3.03. The van der Waals surface area contributed by atoms with Gasteiger partial charge in [-0.3, -0.25) is 4.79 Å². The van der Waals surface area contributed by atoms with Gasteiger partial charge in [-0.25, -0.2) is 9.59 Å². The average molecular weight is 302 g/mol. The summed E-state index contributed by atoms with van der Waals surface area (Å²) in [4.78, 5) is 34.9. The second-order valence-corrected chi connectivity index (χ2v) is 5.95. The minimum Gasteiger partial charge on any atom is -0.467 e. The molecule has 0 unspecified atom stereocenters. The molecule has 0 spiro atoms. The number of hydrogen-bond acceptors (Lipinski definition) is 6. The van der Waals surface area contributed by atoms with Crippen LogP contribution in [0.2, 0.25) is 0 Å². The number of methoxy groups -OCH3 is 1. The molecule has 0 radical (unpaired) electrons. The van der Waals surface area contributed by atoms with Gasteiger partial charge in [0.05, 0.1) is 7.11 Å². The van der Waals surface area contributed by atoms with Crippen molar-refractivity contribution in [3.8, 4) is 0 Å². The van der Waals surface area contributed by atoms with Crippen LogP contribution in [0.4, 0.5) is 4.79 Å². The van der Waals surface area contributed by atoms with Crippen molar-refractivity contribution in [3.63, 3.8) is 0 Å². The summed E-state index contributed by atoms with van der Waals surface area (Å²) in [5, 5.41) is 13.9. The van der Waals surface area contributed by atoms with Gasteiger partial charge >= 0.3 is 12.1 Å². The fraction of sp³-hybridized carbons (Fsp3) is 0.769. The van der Waals surface area contributed by atoms with Gasteiger partial charge in [0.25, 0.3) is 0 Å². The summed E-state index contributed by atoms with van der Waals surface area (Å²) < 4.78 is 9.61. The summed E-state index contributed by atoms with van der Waals surface area (Å²) in [5.41, 5.74) is -1.84. The van der Waals surface area contributed by atoms with Gasteiger partial charge in [0.15, 0.2) is 0 Å². The zero-order valence-corrected chi connectivity index (χ0v) is 12.7. The lowest BCUT2D eigenvalue weighted by atomic mass is 10.2. The van der Waals surface area contributed by atoms with Crippen molar-refractivity contribution in [2.45, 2.75) is 38.3 Å². The first-order chi connectivity index (χ1) is 9.64. The van der Waals surface area contributed by atoms with E-state index >= 15 is 0 Å². The molecule has 0 aromatic carbocycles. The Hall–Kier alpha value is -1.83. The summed E-state index contributed by atoms with van der Waals surface area (Å²) in [7, 11) is 1.21. The minimum atomic E-state index is -1.18.